The van der Waals surface area contributed by atoms with Crippen molar-refractivity contribution < 1.29 is 18.8 Å². The molecule has 0 unspecified atom stereocenters. The molecule has 1 aromatic heterocycles. The minimum atomic E-state index is -0.541. The van der Waals surface area contributed by atoms with E-state index in [9.17, 15) is 19.6 Å². The Morgan fingerprint density at radius 1 is 1.25 bits per heavy atom. The maximum atomic E-state index is 13.7. The highest BCUT2D eigenvalue weighted by molar-refractivity contribution is 5.83. The largest absolute Gasteiger partial charge is 0.479 e. The highest BCUT2D eigenvalue weighted by atomic mass is 19.1. The Balaban J connectivity index is 1.90. The van der Waals surface area contributed by atoms with Crippen molar-refractivity contribution in [1.82, 2.24) is 4.98 Å². The summed E-state index contributed by atoms with van der Waals surface area (Å²) in [5.41, 5.74) is 0.280. The molecule has 0 saturated heterocycles. The number of aromatic nitrogens is 1. The minimum absolute atomic E-state index is 0.0141. The van der Waals surface area contributed by atoms with Gasteiger partial charge in [-0.1, -0.05) is 18.2 Å². The Bertz CT molecular complexity index is 937. The van der Waals surface area contributed by atoms with E-state index >= 15 is 0 Å². The SMILES string of the molecule is O=[N+]([O-])c1cccc(N=Cc2nc(-c3ccccc3F)oc2O)c1. The van der Waals surface area contributed by atoms with Crippen LogP contribution in [-0.4, -0.2) is 21.2 Å². The molecule has 1 N–H and O–H groups in total. The molecule has 0 aliphatic heterocycles. The Labute approximate surface area is 134 Å². The number of nitro benzene ring substituents is 1. The van der Waals surface area contributed by atoms with Gasteiger partial charge in [0, 0.05) is 12.1 Å². The second kappa shape index (κ2) is 6.29. The highest BCUT2D eigenvalue weighted by Crippen LogP contribution is 2.28. The zero-order valence-corrected chi connectivity index (χ0v) is 12.1. The normalized spacial score (nSPS) is 11.0. The predicted molar refractivity (Wildman–Crippen MR) is 83.9 cm³/mol. The van der Waals surface area contributed by atoms with Crippen LogP contribution in [0.15, 0.2) is 57.9 Å². The van der Waals surface area contributed by atoms with Crippen LogP contribution >= 0.6 is 0 Å². The monoisotopic (exact) mass is 327 g/mol. The van der Waals surface area contributed by atoms with Crippen LogP contribution in [0.25, 0.3) is 11.5 Å². The van der Waals surface area contributed by atoms with E-state index in [1.807, 2.05) is 0 Å². The fourth-order valence-corrected chi connectivity index (χ4v) is 1.98. The van der Waals surface area contributed by atoms with Crippen molar-refractivity contribution >= 4 is 17.6 Å². The topological polar surface area (TPSA) is 102 Å². The van der Waals surface area contributed by atoms with Gasteiger partial charge in [0.15, 0.2) is 5.69 Å². The van der Waals surface area contributed by atoms with Crippen LogP contribution in [0.3, 0.4) is 0 Å². The van der Waals surface area contributed by atoms with Crippen LogP contribution in [0.1, 0.15) is 5.69 Å². The lowest BCUT2D eigenvalue weighted by Gasteiger charge is -1.95. The molecule has 0 saturated carbocycles. The number of hydrogen-bond acceptors (Lipinski definition) is 6. The molecule has 0 atom stereocenters. The summed E-state index contributed by atoms with van der Waals surface area (Å²) in [5.74, 6) is -1.16. The van der Waals surface area contributed by atoms with E-state index in [0.29, 0.717) is 5.69 Å². The zero-order chi connectivity index (χ0) is 17.1. The van der Waals surface area contributed by atoms with Crippen LogP contribution in [-0.2, 0) is 0 Å². The average molecular weight is 327 g/mol. The van der Waals surface area contributed by atoms with Crippen molar-refractivity contribution in [2.75, 3.05) is 0 Å². The second-order valence-electron chi connectivity index (χ2n) is 4.72. The summed E-state index contributed by atoms with van der Waals surface area (Å²) in [6.45, 7) is 0. The molecule has 0 amide bonds. The summed E-state index contributed by atoms with van der Waals surface area (Å²) in [6.07, 6.45) is 1.18. The Morgan fingerprint density at radius 2 is 2.04 bits per heavy atom. The van der Waals surface area contributed by atoms with E-state index in [1.54, 1.807) is 12.1 Å². The van der Waals surface area contributed by atoms with Gasteiger partial charge in [0.2, 0.25) is 5.89 Å². The first-order chi connectivity index (χ1) is 11.5. The third kappa shape index (κ3) is 3.12. The highest BCUT2D eigenvalue weighted by Gasteiger charge is 2.15. The number of aromatic hydroxyl groups is 1. The van der Waals surface area contributed by atoms with E-state index < -0.39 is 16.7 Å². The van der Waals surface area contributed by atoms with Gasteiger partial charge in [0.1, 0.15) is 5.82 Å². The van der Waals surface area contributed by atoms with Gasteiger partial charge in [0.25, 0.3) is 5.69 Å². The third-order valence-corrected chi connectivity index (χ3v) is 3.12. The number of halogens is 1. The number of hydrogen-bond donors (Lipinski definition) is 1. The van der Waals surface area contributed by atoms with E-state index in [1.165, 1.54) is 42.6 Å². The molecule has 120 valence electrons. The Kier molecular flexibility index (Phi) is 4.02. The van der Waals surface area contributed by atoms with Crippen LogP contribution in [0.2, 0.25) is 0 Å². The van der Waals surface area contributed by atoms with Crippen LogP contribution < -0.4 is 0 Å². The molecule has 0 bridgehead atoms. The maximum Gasteiger partial charge on any atom is 0.312 e. The second-order valence-corrected chi connectivity index (χ2v) is 4.72. The Hall–Kier alpha value is -3.55. The van der Waals surface area contributed by atoms with Gasteiger partial charge in [-0.05, 0) is 18.2 Å². The molecule has 0 aliphatic carbocycles. The van der Waals surface area contributed by atoms with E-state index in [0.717, 1.165) is 0 Å². The van der Waals surface area contributed by atoms with Crippen molar-refractivity contribution in [3.63, 3.8) is 0 Å². The fourth-order valence-electron chi connectivity index (χ4n) is 1.98. The Morgan fingerprint density at radius 3 is 2.79 bits per heavy atom. The molecule has 0 radical (unpaired) electrons. The van der Waals surface area contributed by atoms with Crippen LogP contribution in [0.5, 0.6) is 5.95 Å². The quantitative estimate of drug-likeness (QED) is 0.445. The lowest BCUT2D eigenvalue weighted by molar-refractivity contribution is -0.384. The molecule has 3 aromatic rings. The minimum Gasteiger partial charge on any atom is -0.479 e. The third-order valence-electron chi connectivity index (χ3n) is 3.12. The van der Waals surface area contributed by atoms with Gasteiger partial charge in [-0.2, -0.15) is 0 Å². The first kappa shape index (κ1) is 15.3. The summed E-state index contributed by atoms with van der Waals surface area (Å²) < 4.78 is 18.7. The lowest BCUT2D eigenvalue weighted by Crippen LogP contribution is -1.87. The first-order valence-corrected chi connectivity index (χ1v) is 6.78. The van der Waals surface area contributed by atoms with Crippen molar-refractivity contribution in [1.29, 1.82) is 0 Å². The smallest absolute Gasteiger partial charge is 0.312 e. The summed E-state index contributed by atoms with van der Waals surface area (Å²) in [5, 5.41) is 20.5. The van der Waals surface area contributed by atoms with E-state index in [2.05, 4.69) is 9.98 Å². The maximum absolute atomic E-state index is 13.7. The molecule has 0 fully saturated rings. The van der Waals surface area contributed by atoms with Crippen molar-refractivity contribution in [3.05, 3.63) is 70.2 Å². The predicted octanol–water partition coefficient (Wildman–Crippen LogP) is 3.85. The van der Waals surface area contributed by atoms with Gasteiger partial charge in [-0.3, -0.25) is 15.1 Å². The van der Waals surface area contributed by atoms with Crippen LogP contribution in [0.4, 0.5) is 15.8 Å². The molecule has 2 aromatic carbocycles. The molecule has 3 rings (SSSR count). The summed E-state index contributed by atoms with van der Waals surface area (Å²) in [4.78, 5) is 18.2. The molecular weight excluding hydrogens is 317 g/mol. The van der Waals surface area contributed by atoms with E-state index in [-0.39, 0.29) is 22.8 Å². The summed E-state index contributed by atoms with van der Waals surface area (Å²) >= 11 is 0. The number of nitrogens with zero attached hydrogens (tertiary/aromatic N) is 3. The van der Waals surface area contributed by atoms with E-state index in [4.69, 9.17) is 4.42 Å². The number of nitro groups is 1. The lowest BCUT2D eigenvalue weighted by atomic mass is 10.2. The number of non-ortho nitro benzene ring substituents is 1. The van der Waals surface area contributed by atoms with Crippen molar-refractivity contribution in [2.24, 2.45) is 4.99 Å². The molecule has 1 heterocycles. The van der Waals surface area contributed by atoms with Gasteiger partial charge in [-0.25, -0.2) is 9.37 Å². The summed E-state index contributed by atoms with van der Waals surface area (Å²) in [6, 6.07) is 11.5. The first-order valence-electron chi connectivity index (χ1n) is 6.78. The number of benzene rings is 2. The number of oxazole rings is 1. The molecular formula is C16H10FN3O4. The van der Waals surface area contributed by atoms with Crippen LogP contribution in [0, 0.1) is 15.9 Å². The molecule has 8 heteroatoms. The fraction of sp³-hybridized carbons (Fsp3) is 0. The van der Waals surface area contributed by atoms with Gasteiger partial charge < -0.3 is 9.52 Å². The molecule has 0 aliphatic rings. The molecule has 7 nitrogen and oxygen atoms in total. The summed E-state index contributed by atoms with van der Waals surface area (Å²) in [7, 11) is 0. The van der Waals surface area contributed by atoms with Gasteiger partial charge in [-0.15, -0.1) is 0 Å². The van der Waals surface area contributed by atoms with Gasteiger partial charge in [0.05, 0.1) is 22.4 Å². The van der Waals surface area contributed by atoms with Crippen molar-refractivity contribution in [2.45, 2.75) is 0 Å². The average Bonchev–Trinajstić information content (AvgIpc) is 2.94. The molecule has 24 heavy (non-hydrogen) atoms. The molecule has 0 spiro atoms. The zero-order valence-electron chi connectivity index (χ0n) is 12.1. The number of rotatable bonds is 4. The van der Waals surface area contributed by atoms with Gasteiger partial charge >= 0.3 is 5.95 Å². The van der Waals surface area contributed by atoms with Crippen molar-refractivity contribution in [3.8, 4) is 17.4 Å². The standard InChI is InChI=1S/C16H10FN3O4/c17-13-7-2-1-6-12(13)15-19-14(16(21)24-15)9-18-10-4-3-5-11(8-10)20(22)23/h1-9,21H. The number of aliphatic imine (C=N–C) groups is 1.